The molecule has 0 radical (unpaired) electrons. The summed E-state index contributed by atoms with van der Waals surface area (Å²) in [5, 5.41) is 8.39. The Balaban J connectivity index is 1.42. The van der Waals surface area contributed by atoms with Gasteiger partial charge in [0.15, 0.2) is 5.82 Å². The third-order valence-corrected chi connectivity index (χ3v) is 5.83. The van der Waals surface area contributed by atoms with Gasteiger partial charge in [0.25, 0.3) is 11.8 Å². The molecule has 4 rings (SSSR count). The van der Waals surface area contributed by atoms with Crippen molar-refractivity contribution < 1.29 is 9.32 Å². The minimum Gasteiger partial charge on any atom is -0.338 e. The second-order valence-electron chi connectivity index (χ2n) is 6.16. The van der Waals surface area contributed by atoms with Crippen molar-refractivity contribution in [2.45, 2.75) is 32.2 Å². The second-order valence-corrected chi connectivity index (χ2v) is 7.88. The van der Waals surface area contributed by atoms with E-state index in [0.717, 1.165) is 25.1 Å². The Kier molecular flexibility index (Phi) is 4.78. The molecule has 0 bridgehead atoms. The molecule has 0 aliphatic carbocycles. The van der Waals surface area contributed by atoms with Crippen LogP contribution in [-0.2, 0) is 6.54 Å². The molecule has 26 heavy (non-hydrogen) atoms. The lowest BCUT2D eigenvalue weighted by Crippen LogP contribution is -2.37. The number of hydrogen-bond acceptors (Lipinski definition) is 6. The van der Waals surface area contributed by atoms with Gasteiger partial charge in [0, 0.05) is 31.7 Å². The van der Waals surface area contributed by atoms with E-state index in [1.807, 2.05) is 22.6 Å². The molecule has 0 saturated carbocycles. The van der Waals surface area contributed by atoms with Crippen molar-refractivity contribution in [3.05, 3.63) is 39.4 Å². The number of carbonyl (C=O) groups excluding carboxylic acids is 1. The Hall–Kier alpha value is -2.19. The number of halogens is 1. The first-order valence-corrected chi connectivity index (χ1v) is 9.75. The molecule has 9 heteroatoms. The number of nitrogens with zero attached hydrogens (tertiary/aromatic N) is 5. The van der Waals surface area contributed by atoms with Gasteiger partial charge in [-0.3, -0.25) is 9.48 Å². The van der Waals surface area contributed by atoms with Gasteiger partial charge in [-0.2, -0.15) is 10.1 Å². The smallest absolute Gasteiger partial charge is 0.276 e. The molecule has 0 N–H and O–H groups in total. The minimum atomic E-state index is 0.0426. The van der Waals surface area contributed by atoms with Gasteiger partial charge >= 0.3 is 0 Å². The normalized spacial score (nSPS) is 15.5. The molecule has 136 valence electrons. The van der Waals surface area contributed by atoms with Crippen LogP contribution in [0.4, 0.5) is 0 Å². The summed E-state index contributed by atoms with van der Waals surface area (Å²) >= 11 is 7.25. The van der Waals surface area contributed by atoms with Crippen molar-refractivity contribution in [3.63, 3.8) is 0 Å². The average molecular weight is 392 g/mol. The molecule has 3 aromatic heterocycles. The van der Waals surface area contributed by atoms with Crippen molar-refractivity contribution in [1.29, 1.82) is 0 Å². The largest absolute Gasteiger partial charge is 0.338 e. The number of carbonyl (C=O) groups is 1. The average Bonchev–Trinajstić information content (AvgIpc) is 3.40. The molecule has 0 atom stereocenters. The molecule has 4 heterocycles. The Labute approximate surface area is 159 Å². The van der Waals surface area contributed by atoms with E-state index in [9.17, 15) is 4.79 Å². The zero-order valence-corrected chi connectivity index (χ0v) is 15.8. The van der Waals surface area contributed by atoms with E-state index in [1.54, 1.807) is 18.3 Å². The number of aromatic nitrogens is 4. The number of likely N-dealkylation sites (tertiary alicyclic amines) is 1. The zero-order chi connectivity index (χ0) is 18.1. The Morgan fingerprint density at radius 2 is 2.15 bits per heavy atom. The van der Waals surface area contributed by atoms with Gasteiger partial charge in [-0.1, -0.05) is 16.8 Å². The Morgan fingerprint density at radius 3 is 2.85 bits per heavy atom. The molecule has 1 aliphatic heterocycles. The third kappa shape index (κ3) is 3.26. The van der Waals surface area contributed by atoms with Gasteiger partial charge in [0.2, 0.25) is 0 Å². The van der Waals surface area contributed by atoms with Crippen molar-refractivity contribution in [1.82, 2.24) is 24.8 Å². The zero-order valence-electron chi connectivity index (χ0n) is 14.3. The third-order valence-electron chi connectivity index (χ3n) is 4.61. The maximum Gasteiger partial charge on any atom is 0.276 e. The maximum absolute atomic E-state index is 12.5. The first-order valence-electron chi connectivity index (χ1n) is 8.56. The van der Waals surface area contributed by atoms with Crippen LogP contribution in [0.5, 0.6) is 0 Å². The standard InChI is InChI=1S/C17H18ClN5O2S/c1-2-23-12(5-8-19-23)16-20-15(21-25-16)11-6-9-22(10-7-11)17(24)13-3-4-14(18)26-13/h3-5,8,11H,2,6-7,9-10H2,1H3. The van der Waals surface area contributed by atoms with Crippen LogP contribution >= 0.6 is 22.9 Å². The van der Waals surface area contributed by atoms with Gasteiger partial charge in [-0.05, 0) is 38.0 Å². The highest BCUT2D eigenvalue weighted by atomic mass is 35.5. The van der Waals surface area contributed by atoms with Crippen LogP contribution < -0.4 is 0 Å². The van der Waals surface area contributed by atoms with Crippen LogP contribution in [-0.4, -0.2) is 43.8 Å². The van der Waals surface area contributed by atoms with Gasteiger partial charge in [0.1, 0.15) is 5.69 Å². The lowest BCUT2D eigenvalue weighted by molar-refractivity contribution is 0.0715. The predicted octanol–water partition coefficient (Wildman–Crippen LogP) is 3.69. The van der Waals surface area contributed by atoms with Crippen LogP contribution in [0.25, 0.3) is 11.6 Å². The molecule has 1 amide bonds. The van der Waals surface area contributed by atoms with E-state index in [1.165, 1.54) is 11.3 Å². The second kappa shape index (κ2) is 7.20. The quantitative estimate of drug-likeness (QED) is 0.677. The summed E-state index contributed by atoms with van der Waals surface area (Å²) in [5.41, 5.74) is 0.827. The van der Waals surface area contributed by atoms with Crippen molar-refractivity contribution in [3.8, 4) is 11.6 Å². The summed E-state index contributed by atoms with van der Waals surface area (Å²) in [5.74, 6) is 1.43. The molecule has 1 fully saturated rings. The molecule has 1 saturated heterocycles. The number of aryl methyl sites for hydroxylation is 1. The fourth-order valence-electron chi connectivity index (χ4n) is 3.20. The highest BCUT2D eigenvalue weighted by Gasteiger charge is 2.28. The topological polar surface area (TPSA) is 77.1 Å². The van der Waals surface area contributed by atoms with E-state index in [-0.39, 0.29) is 11.8 Å². The number of piperidine rings is 1. The van der Waals surface area contributed by atoms with Crippen LogP contribution in [0.15, 0.2) is 28.9 Å². The summed E-state index contributed by atoms with van der Waals surface area (Å²) in [6, 6.07) is 5.41. The van der Waals surface area contributed by atoms with Crippen LogP contribution in [0, 0.1) is 0 Å². The van der Waals surface area contributed by atoms with E-state index in [0.29, 0.717) is 34.0 Å². The predicted molar refractivity (Wildman–Crippen MR) is 98.4 cm³/mol. The van der Waals surface area contributed by atoms with E-state index < -0.39 is 0 Å². The summed E-state index contributed by atoms with van der Waals surface area (Å²) in [6.07, 6.45) is 3.36. The Bertz CT molecular complexity index is 910. The Morgan fingerprint density at radius 1 is 1.35 bits per heavy atom. The summed E-state index contributed by atoms with van der Waals surface area (Å²) in [4.78, 5) is 19.6. The van der Waals surface area contributed by atoms with Gasteiger partial charge < -0.3 is 9.42 Å². The summed E-state index contributed by atoms with van der Waals surface area (Å²) < 4.78 is 7.89. The van der Waals surface area contributed by atoms with Gasteiger partial charge in [0.05, 0.1) is 9.21 Å². The van der Waals surface area contributed by atoms with Crippen molar-refractivity contribution >= 4 is 28.8 Å². The molecule has 0 aromatic carbocycles. The van der Waals surface area contributed by atoms with Crippen LogP contribution in [0.2, 0.25) is 4.34 Å². The van der Waals surface area contributed by atoms with Gasteiger partial charge in [-0.25, -0.2) is 0 Å². The maximum atomic E-state index is 12.5. The highest BCUT2D eigenvalue weighted by Crippen LogP contribution is 2.30. The van der Waals surface area contributed by atoms with E-state index in [2.05, 4.69) is 15.2 Å². The molecular weight excluding hydrogens is 374 g/mol. The first-order chi connectivity index (χ1) is 12.7. The minimum absolute atomic E-state index is 0.0426. The van der Waals surface area contributed by atoms with Crippen molar-refractivity contribution in [2.24, 2.45) is 0 Å². The monoisotopic (exact) mass is 391 g/mol. The summed E-state index contributed by atoms with van der Waals surface area (Å²) in [6.45, 7) is 4.11. The fraction of sp³-hybridized carbons (Fsp3) is 0.412. The molecular formula is C17H18ClN5O2S. The summed E-state index contributed by atoms with van der Waals surface area (Å²) in [7, 11) is 0. The number of hydrogen-bond donors (Lipinski definition) is 0. The molecule has 0 unspecified atom stereocenters. The number of amides is 1. The lowest BCUT2D eigenvalue weighted by atomic mass is 9.96. The molecule has 7 nitrogen and oxygen atoms in total. The van der Waals surface area contributed by atoms with Crippen LogP contribution in [0.3, 0.4) is 0 Å². The van der Waals surface area contributed by atoms with E-state index >= 15 is 0 Å². The molecule has 3 aromatic rings. The lowest BCUT2D eigenvalue weighted by Gasteiger charge is -2.30. The van der Waals surface area contributed by atoms with E-state index in [4.69, 9.17) is 16.1 Å². The molecule has 0 spiro atoms. The first kappa shape index (κ1) is 17.2. The molecule has 1 aliphatic rings. The number of thiophene rings is 1. The highest BCUT2D eigenvalue weighted by molar-refractivity contribution is 7.17. The fourth-order valence-corrected chi connectivity index (χ4v) is 4.21. The number of rotatable bonds is 4. The SMILES string of the molecule is CCn1nccc1-c1nc(C2CCN(C(=O)c3ccc(Cl)s3)CC2)no1. The van der Waals surface area contributed by atoms with Crippen LogP contribution in [0.1, 0.15) is 41.2 Å². The van der Waals surface area contributed by atoms with Crippen molar-refractivity contribution in [2.75, 3.05) is 13.1 Å². The van der Waals surface area contributed by atoms with Gasteiger partial charge in [-0.15, -0.1) is 11.3 Å².